The van der Waals surface area contributed by atoms with Crippen molar-refractivity contribution >= 4 is 27.5 Å². The lowest BCUT2D eigenvalue weighted by atomic mass is 10.1. The molecule has 0 heterocycles. The Morgan fingerprint density at radius 1 is 1.00 bits per heavy atom. The second-order valence-corrected chi connectivity index (χ2v) is 9.34. The summed E-state index contributed by atoms with van der Waals surface area (Å²) in [7, 11) is -3.70. The van der Waals surface area contributed by atoms with Gasteiger partial charge in [-0.05, 0) is 31.0 Å². The van der Waals surface area contributed by atoms with E-state index in [1.807, 2.05) is 37.3 Å². The minimum Gasteiger partial charge on any atom is -0.354 e. The highest BCUT2D eigenvalue weighted by Gasteiger charge is 2.29. The SMILES string of the molecule is CCCCNC(=O)C(C)N(Cc1ccccc1)C(=O)CN(c1ccccc1)S(C)(=O)=O. The third-order valence-electron chi connectivity index (χ3n) is 4.92. The number of benzene rings is 2. The van der Waals surface area contributed by atoms with Gasteiger partial charge < -0.3 is 10.2 Å². The van der Waals surface area contributed by atoms with Crippen molar-refractivity contribution in [1.82, 2.24) is 10.2 Å². The van der Waals surface area contributed by atoms with Crippen LogP contribution in [0, 0.1) is 0 Å². The number of unbranched alkanes of at least 4 members (excludes halogenated alkanes) is 1. The molecule has 0 radical (unpaired) electrons. The van der Waals surface area contributed by atoms with Gasteiger partial charge in [0.05, 0.1) is 11.9 Å². The zero-order valence-corrected chi connectivity index (χ0v) is 19.1. The molecule has 0 aliphatic carbocycles. The van der Waals surface area contributed by atoms with Crippen LogP contribution < -0.4 is 9.62 Å². The van der Waals surface area contributed by atoms with Crippen molar-refractivity contribution in [3.63, 3.8) is 0 Å². The average molecular weight is 446 g/mol. The first-order valence-electron chi connectivity index (χ1n) is 10.4. The standard InChI is InChI=1S/C23H31N3O4S/c1-4-5-16-24-23(28)19(2)25(17-20-12-8-6-9-13-20)22(27)18-26(31(3,29)30)21-14-10-7-11-15-21/h6-15,19H,4-5,16-18H2,1-3H3,(H,24,28). The number of nitrogens with zero attached hydrogens (tertiary/aromatic N) is 2. The number of carbonyl (C=O) groups is 2. The van der Waals surface area contributed by atoms with Gasteiger partial charge in [0.15, 0.2) is 0 Å². The second-order valence-electron chi connectivity index (χ2n) is 7.43. The second kappa shape index (κ2) is 11.5. The molecule has 2 aromatic carbocycles. The number of nitrogens with one attached hydrogen (secondary N) is 1. The van der Waals surface area contributed by atoms with Gasteiger partial charge in [-0.25, -0.2) is 8.42 Å². The lowest BCUT2D eigenvalue weighted by Gasteiger charge is -2.31. The maximum Gasteiger partial charge on any atom is 0.244 e. The predicted octanol–water partition coefficient (Wildman–Crippen LogP) is 2.79. The Balaban J connectivity index is 2.28. The largest absolute Gasteiger partial charge is 0.354 e. The number of carbonyl (C=O) groups excluding carboxylic acids is 2. The van der Waals surface area contributed by atoms with Crippen LogP contribution in [0.15, 0.2) is 60.7 Å². The van der Waals surface area contributed by atoms with Crippen molar-refractivity contribution in [2.45, 2.75) is 39.3 Å². The van der Waals surface area contributed by atoms with Gasteiger partial charge >= 0.3 is 0 Å². The minimum absolute atomic E-state index is 0.203. The third kappa shape index (κ3) is 7.40. The Bertz CT molecular complexity index is 949. The Morgan fingerprint density at radius 3 is 2.13 bits per heavy atom. The molecule has 0 saturated carbocycles. The van der Waals surface area contributed by atoms with Crippen molar-refractivity contribution in [1.29, 1.82) is 0 Å². The van der Waals surface area contributed by atoms with Gasteiger partial charge in [-0.3, -0.25) is 13.9 Å². The van der Waals surface area contributed by atoms with E-state index in [9.17, 15) is 18.0 Å². The molecule has 0 saturated heterocycles. The van der Waals surface area contributed by atoms with Crippen LogP contribution in [0.5, 0.6) is 0 Å². The Kier molecular flexibility index (Phi) is 9.05. The van der Waals surface area contributed by atoms with Crippen molar-refractivity contribution < 1.29 is 18.0 Å². The summed E-state index contributed by atoms with van der Waals surface area (Å²) in [4.78, 5) is 27.4. The summed E-state index contributed by atoms with van der Waals surface area (Å²) < 4.78 is 25.9. The lowest BCUT2D eigenvalue weighted by molar-refractivity contribution is -0.139. The summed E-state index contributed by atoms with van der Waals surface area (Å²) in [6.07, 6.45) is 2.86. The summed E-state index contributed by atoms with van der Waals surface area (Å²) in [5.74, 6) is -0.709. The Labute approximate surface area is 185 Å². The Hall–Kier alpha value is -2.87. The summed E-state index contributed by atoms with van der Waals surface area (Å²) in [5.41, 5.74) is 1.26. The fraction of sp³-hybridized carbons (Fsp3) is 0.391. The molecule has 2 aromatic rings. The molecular weight excluding hydrogens is 414 g/mol. The quantitative estimate of drug-likeness (QED) is 0.539. The van der Waals surface area contributed by atoms with E-state index in [-0.39, 0.29) is 19.0 Å². The number of amides is 2. The van der Waals surface area contributed by atoms with E-state index < -0.39 is 22.0 Å². The fourth-order valence-electron chi connectivity index (χ4n) is 3.11. The van der Waals surface area contributed by atoms with E-state index in [4.69, 9.17) is 0 Å². The molecule has 2 amide bonds. The van der Waals surface area contributed by atoms with Crippen molar-refractivity contribution in [2.75, 3.05) is 23.7 Å². The van der Waals surface area contributed by atoms with Gasteiger partial charge in [-0.2, -0.15) is 0 Å². The average Bonchev–Trinajstić information content (AvgIpc) is 2.75. The predicted molar refractivity (Wildman–Crippen MR) is 123 cm³/mol. The van der Waals surface area contributed by atoms with Crippen molar-refractivity contribution in [2.24, 2.45) is 0 Å². The molecule has 168 valence electrons. The molecule has 1 unspecified atom stereocenters. The van der Waals surface area contributed by atoms with Gasteiger partial charge in [0.1, 0.15) is 12.6 Å². The van der Waals surface area contributed by atoms with Crippen molar-refractivity contribution in [3.05, 3.63) is 66.2 Å². The van der Waals surface area contributed by atoms with E-state index in [2.05, 4.69) is 5.32 Å². The number of sulfonamides is 1. The molecule has 2 rings (SSSR count). The number of anilines is 1. The number of rotatable bonds is 11. The van der Waals surface area contributed by atoms with Gasteiger partial charge in [0.2, 0.25) is 21.8 Å². The highest BCUT2D eigenvalue weighted by Crippen LogP contribution is 2.18. The topological polar surface area (TPSA) is 86.8 Å². The fourth-order valence-corrected chi connectivity index (χ4v) is 3.96. The van der Waals surface area contributed by atoms with Crippen LogP contribution in [0.4, 0.5) is 5.69 Å². The first-order chi connectivity index (χ1) is 14.7. The molecule has 0 aliphatic heterocycles. The first kappa shape index (κ1) is 24.4. The summed E-state index contributed by atoms with van der Waals surface area (Å²) in [6, 6.07) is 17.0. The van der Waals surface area contributed by atoms with Crippen LogP contribution in [0.2, 0.25) is 0 Å². The first-order valence-corrected chi connectivity index (χ1v) is 12.2. The molecular formula is C23H31N3O4S. The van der Waals surface area contributed by atoms with E-state index in [0.717, 1.165) is 29.0 Å². The van der Waals surface area contributed by atoms with Crippen molar-refractivity contribution in [3.8, 4) is 0 Å². The molecule has 0 spiro atoms. The highest BCUT2D eigenvalue weighted by molar-refractivity contribution is 7.92. The van der Waals surface area contributed by atoms with E-state index >= 15 is 0 Å². The van der Waals surface area contributed by atoms with Crippen LogP contribution in [0.25, 0.3) is 0 Å². The number of hydrogen-bond acceptors (Lipinski definition) is 4. The lowest BCUT2D eigenvalue weighted by Crippen LogP contribution is -2.51. The molecule has 0 bridgehead atoms. The Morgan fingerprint density at radius 2 is 1.58 bits per heavy atom. The molecule has 0 aromatic heterocycles. The summed E-state index contributed by atoms with van der Waals surface area (Å²) in [6.45, 7) is 4.04. The van der Waals surface area contributed by atoms with Crippen LogP contribution >= 0.6 is 0 Å². The van der Waals surface area contributed by atoms with Crippen LogP contribution in [0.3, 0.4) is 0 Å². The van der Waals surface area contributed by atoms with E-state index in [1.165, 1.54) is 4.90 Å². The normalized spacial score (nSPS) is 12.1. The molecule has 7 nitrogen and oxygen atoms in total. The van der Waals surface area contributed by atoms with Gasteiger partial charge in [-0.15, -0.1) is 0 Å². The smallest absolute Gasteiger partial charge is 0.244 e. The molecule has 8 heteroatoms. The summed E-state index contributed by atoms with van der Waals surface area (Å²) >= 11 is 0. The van der Waals surface area contributed by atoms with Gasteiger partial charge in [0, 0.05) is 13.1 Å². The molecule has 31 heavy (non-hydrogen) atoms. The molecule has 1 atom stereocenters. The van der Waals surface area contributed by atoms with E-state index in [1.54, 1.807) is 37.3 Å². The highest BCUT2D eigenvalue weighted by atomic mass is 32.2. The summed E-state index contributed by atoms with van der Waals surface area (Å²) in [5, 5.41) is 2.86. The van der Waals surface area contributed by atoms with Gasteiger partial charge in [-0.1, -0.05) is 61.9 Å². The molecule has 0 aliphatic rings. The minimum atomic E-state index is -3.70. The zero-order valence-electron chi connectivity index (χ0n) is 18.3. The number of para-hydroxylation sites is 1. The third-order valence-corrected chi connectivity index (χ3v) is 6.06. The molecule has 1 N–H and O–H groups in total. The van der Waals surface area contributed by atoms with Gasteiger partial charge in [0.25, 0.3) is 0 Å². The maximum atomic E-state index is 13.3. The maximum absolute atomic E-state index is 13.3. The van der Waals surface area contributed by atoms with E-state index in [0.29, 0.717) is 12.2 Å². The number of hydrogen-bond donors (Lipinski definition) is 1. The van der Waals surface area contributed by atoms with Crippen LogP contribution in [-0.2, 0) is 26.2 Å². The monoisotopic (exact) mass is 445 g/mol. The van der Waals surface area contributed by atoms with Crippen LogP contribution in [-0.4, -0.2) is 50.5 Å². The molecule has 0 fully saturated rings. The zero-order chi connectivity index (χ0) is 22.9. The van der Waals surface area contributed by atoms with Crippen LogP contribution in [0.1, 0.15) is 32.3 Å².